The van der Waals surface area contributed by atoms with Crippen molar-refractivity contribution in [2.24, 2.45) is 11.7 Å². The van der Waals surface area contributed by atoms with Crippen molar-refractivity contribution in [1.82, 2.24) is 15.0 Å². The molecule has 98 valence electrons. The fourth-order valence-electron chi connectivity index (χ4n) is 3.13. The number of carbonyl (C=O) groups excluding carboxylic acids is 1. The lowest BCUT2D eigenvalue weighted by molar-refractivity contribution is -0.117. The van der Waals surface area contributed by atoms with E-state index in [1.807, 2.05) is 0 Å². The van der Waals surface area contributed by atoms with Crippen LogP contribution in [0.2, 0.25) is 0 Å². The Morgan fingerprint density at radius 1 is 1.44 bits per heavy atom. The van der Waals surface area contributed by atoms with E-state index >= 15 is 0 Å². The zero-order valence-corrected chi connectivity index (χ0v) is 10.8. The zero-order chi connectivity index (χ0) is 12.7. The molecule has 1 aromatic heterocycles. The molecule has 2 aliphatic carbocycles. The van der Waals surface area contributed by atoms with Crippen LogP contribution in [0.3, 0.4) is 0 Å². The minimum absolute atomic E-state index is 0.229. The van der Waals surface area contributed by atoms with E-state index in [4.69, 9.17) is 5.73 Å². The first-order valence-electron chi connectivity index (χ1n) is 6.89. The first-order valence-corrected chi connectivity index (χ1v) is 6.89. The summed E-state index contributed by atoms with van der Waals surface area (Å²) in [5.74, 6) is 0.903. The number of hydrogen-bond acceptors (Lipinski definition) is 3. The topological polar surface area (TPSA) is 73.8 Å². The number of carbonyl (C=O) groups is 1. The highest BCUT2D eigenvalue weighted by Gasteiger charge is 2.39. The summed E-state index contributed by atoms with van der Waals surface area (Å²) >= 11 is 0. The third-order valence-electron chi connectivity index (χ3n) is 4.27. The van der Waals surface area contributed by atoms with Crippen molar-refractivity contribution in [3.8, 4) is 0 Å². The number of primary amides is 1. The lowest BCUT2D eigenvalue weighted by Crippen LogP contribution is -2.16. The SMILES string of the molecule is CC1CC1n1nnc(CC(N)=O)c1C1CCCC1. The number of aromatic nitrogens is 3. The number of hydrogen-bond donors (Lipinski definition) is 1. The average molecular weight is 248 g/mol. The summed E-state index contributed by atoms with van der Waals surface area (Å²) in [5, 5.41) is 8.49. The molecule has 1 aromatic rings. The molecule has 2 aliphatic rings. The summed E-state index contributed by atoms with van der Waals surface area (Å²) < 4.78 is 2.08. The molecule has 2 fully saturated rings. The van der Waals surface area contributed by atoms with Crippen molar-refractivity contribution in [3.05, 3.63) is 11.4 Å². The lowest BCUT2D eigenvalue weighted by atomic mass is 10.0. The first kappa shape index (κ1) is 11.7. The molecule has 18 heavy (non-hydrogen) atoms. The Morgan fingerprint density at radius 3 is 2.67 bits per heavy atom. The Hall–Kier alpha value is -1.39. The quantitative estimate of drug-likeness (QED) is 0.878. The fraction of sp³-hybridized carbons (Fsp3) is 0.769. The molecule has 5 heteroatoms. The molecule has 2 unspecified atom stereocenters. The summed E-state index contributed by atoms with van der Waals surface area (Å²) in [6.07, 6.45) is 6.34. The van der Waals surface area contributed by atoms with Crippen LogP contribution in [0.1, 0.15) is 62.4 Å². The van der Waals surface area contributed by atoms with Crippen LogP contribution in [0, 0.1) is 5.92 Å². The van der Waals surface area contributed by atoms with Crippen LogP contribution in [0.5, 0.6) is 0 Å². The predicted molar refractivity (Wildman–Crippen MR) is 66.9 cm³/mol. The Kier molecular flexibility index (Phi) is 2.84. The smallest absolute Gasteiger partial charge is 0.223 e. The molecule has 1 amide bonds. The van der Waals surface area contributed by atoms with Gasteiger partial charge < -0.3 is 5.73 Å². The Balaban J connectivity index is 1.93. The van der Waals surface area contributed by atoms with Crippen LogP contribution in [0.4, 0.5) is 0 Å². The second-order valence-electron chi connectivity index (χ2n) is 5.77. The normalized spacial score (nSPS) is 27.6. The van der Waals surface area contributed by atoms with Crippen molar-refractivity contribution in [2.75, 3.05) is 0 Å². The minimum atomic E-state index is -0.315. The first-order chi connectivity index (χ1) is 8.66. The van der Waals surface area contributed by atoms with Gasteiger partial charge in [0.2, 0.25) is 5.91 Å². The van der Waals surface area contributed by atoms with Crippen molar-refractivity contribution in [3.63, 3.8) is 0 Å². The summed E-state index contributed by atoms with van der Waals surface area (Å²) in [4.78, 5) is 11.1. The van der Waals surface area contributed by atoms with Gasteiger partial charge in [0.25, 0.3) is 0 Å². The van der Waals surface area contributed by atoms with Crippen molar-refractivity contribution in [2.45, 2.75) is 57.4 Å². The average Bonchev–Trinajstić information content (AvgIpc) is 2.77. The Bertz CT molecular complexity index is 462. The standard InChI is InChI=1S/C13H20N4O/c1-8-6-11(8)17-13(9-4-2-3-5-9)10(15-16-17)7-12(14)18/h8-9,11H,2-7H2,1H3,(H2,14,18). The van der Waals surface area contributed by atoms with Gasteiger partial charge in [0.05, 0.1) is 23.9 Å². The van der Waals surface area contributed by atoms with E-state index in [0.717, 1.165) is 5.69 Å². The Morgan fingerprint density at radius 2 is 2.11 bits per heavy atom. The molecule has 0 bridgehead atoms. The van der Waals surface area contributed by atoms with Gasteiger partial charge in [-0.1, -0.05) is 25.0 Å². The zero-order valence-electron chi connectivity index (χ0n) is 10.8. The van der Waals surface area contributed by atoms with Gasteiger partial charge in [0, 0.05) is 5.92 Å². The molecule has 1 heterocycles. The highest BCUT2D eigenvalue weighted by Crippen LogP contribution is 2.46. The molecular weight excluding hydrogens is 228 g/mol. The predicted octanol–water partition coefficient (Wildman–Crippen LogP) is 1.54. The molecule has 2 atom stereocenters. The van der Waals surface area contributed by atoms with Crippen LogP contribution in [0.15, 0.2) is 0 Å². The Labute approximate surface area is 107 Å². The molecule has 0 spiro atoms. The monoisotopic (exact) mass is 248 g/mol. The van der Waals surface area contributed by atoms with E-state index in [2.05, 4.69) is 21.9 Å². The van der Waals surface area contributed by atoms with Crippen LogP contribution in [0.25, 0.3) is 0 Å². The molecule has 2 saturated carbocycles. The van der Waals surface area contributed by atoms with Crippen LogP contribution < -0.4 is 5.73 Å². The maximum atomic E-state index is 11.1. The third-order valence-corrected chi connectivity index (χ3v) is 4.27. The fourth-order valence-corrected chi connectivity index (χ4v) is 3.13. The van der Waals surface area contributed by atoms with Gasteiger partial charge in [0.1, 0.15) is 0 Å². The highest BCUT2D eigenvalue weighted by atomic mass is 16.1. The second kappa shape index (κ2) is 4.37. The maximum Gasteiger partial charge on any atom is 0.223 e. The molecule has 0 aliphatic heterocycles. The summed E-state index contributed by atoms with van der Waals surface area (Å²) in [5.41, 5.74) is 7.31. The number of amides is 1. The number of nitrogens with zero attached hydrogens (tertiary/aromatic N) is 3. The molecule has 3 rings (SSSR count). The van der Waals surface area contributed by atoms with Gasteiger partial charge in [-0.25, -0.2) is 4.68 Å². The van der Waals surface area contributed by atoms with E-state index < -0.39 is 0 Å². The summed E-state index contributed by atoms with van der Waals surface area (Å²) in [6.45, 7) is 2.23. The number of rotatable bonds is 4. The summed E-state index contributed by atoms with van der Waals surface area (Å²) in [6, 6.07) is 0.495. The van der Waals surface area contributed by atoms with Gasteiger partial charge in [-0.05, 0) is 25.2 Å². The van der Waals surface area contributed by atoms with E-state index in [-0.39, 0.29) is 12.3 Å². The largest absolute Gasteiger partial charge is 0.369 e. The van der Waals surface area contributed by atoms with E-state index in [1.165, 1.54) is 37.8 Å². The highest BCUT2D eigenvalue weighted by molar-refractivity contribution is 5.76. The summed E-state index contributed by atoms with van der Waals surface area (Å²) in [7, 11) is 0. The minimum Gasteiger partial charge on any atom is -0.369 e. The molecular formula is C13H20N4O. The molecule has 5 nitrogen and oxygen atoms in total. The van der Waals surface area contributed by atoms with Gasteiger partial charge in [-0.15, -0.1) is 5.10 Å². The van der Waals surface area contributed by atoms with Crippen LogP contribution in [-0.4, -0.2) is 20.9 Å². The van der Waals surface area contributed by atoms with Crippen LogP contribution >= 0.6 is 0 Å². The maximum absolute atomic E-state index is 11.1. The molecule has 0 saturated heterocycles. The van der Waals surface area contributed by atoms with Gasteiger partial charge in [-0.3, -0.25) is 4.79 Å². The van der Waals surface area contributed by atoms with Crippen molar-refractivity contribution >= 4 is 5.91 Å². The van der Waals surface area contributed by atoms with Gasteiger partial charge >= 0.3 is 0 Å². The molecule has 2 N–H and O–H groups in total. The number of nitrogens with two attached hydrogens (primary N) is 1. The van der Waals surface area contributed by atoms with Crippen molar-refractivity contribution < 1.29 is 4.79 Å². The van der Waals surface area contributed by atoms with E-state index in [9.17, 15) is 4.79 Å². The molecule has 0 radical (unpaired) electrons. The van der Waals surface area contributed by atoms with Crippen molar-refractivity contribution in [1.29, 1.82) is 0 Å². The van der Waals surface area contributed by atoms with Crippen LogP contribution in [-0.2, 0) is 11.2 Å². The lowest BCUT2D eigenvalue weighted by Gasteiger charge is -2.13. The van der Waals surface area contributed by atoms with E-state index in [1.54, 1.807) is 0 Å². The second-order valence-corrected chi connectivity index (χ2v) is 5.77. The molecule has 0 aromatic carbocycles. The third kappa shape index (κ3) is 2.02. The van der Waals surface area contributed by atoms with Gasteiger partial charge in [-0.2, -0.15) is 0 Å². The van der Waals surface area contributed by atoms with E-state index in [0.29, 0.717) is 17.9 Å². The van der Waals surface area contributed by atoms with Gasteiger partial charge in [0.15, 0.2) is 0 Å².